The zero-order valence-corrected chi connectivity index (χ0v) is 63.6. The van der Waals surface area contributed by atoms with Crippen LogP contribution in [-0.4, -0.2) is 213 Å². The summed E-state index contributed by atoms with van der Waals surface area (Å²) in [7, 11) is -9.24. The number of nitrogens with zero attached hydrogens (tertiary/aromatic N) is 7. The quantitative estimate of drug-likeness (QED) is 0.0828. The number of fused-ring (bicyclic) bond motifs is 7. The number of hydrogen-bond acceptors (Lipinski definition) is 12. The van der Waals surface area contributed by atoms with Crippen LogP contribution in [-0.2, 0) is 54.7 Å². The number of benzene rings is 6. The Hall–Kier alpha value is -9.31. The predicted molar refractivity (Wildman–Crippen MR) is 421 cm³/mol. The van der Waals surface area contributed by atoms with E-state index in [1.54, 1.807) is 25.1 Å². The topological polar surface area (TPSA) is 281 Å². The van der Waals surface area contributed by atoms with Crippen molar-refractivity contribution in [3.63, 3.8) is 0 Å². The van der Waals surface area contributed by atoms with Gasteiger partial charge >= 0.3 is 0 Å². The second-order valence-corrected chi connectivity index (χ2v) is 35.2. The van der Waals surface area contributed by atoms with E-state index in [4.69, 9.17) is 0 Å². The molecule has 8 aliphatic heterocycles. The summed E-state index contributed by atoms with van der Waals surface area (Å²) in [6, 6.07) is 49.7. The molecule has 106 heavy (non-hydrogen) atoms. The van der Waals surface area contributed by atoms with Gasteiger partial charge in [0.1, 0.15) is 0 Å². The summed E-state index contributed by atoms with van der Waals surface area (Å²) < 4.78 is 73.3. The van der Waals surface area contributed by atoms with Crippen molar-refractivity contribution in [2.24, 2.45) is 0 Å². The number of nitrogens with one attached hydrogen (secondary N) is 6. The molecule has 2 unspecified atom stereocenters. The SMILES string of the molecule is CC(=O)N1CC(c2c[nH]c3ccccc23)C1.CC(=O)N1CCC(N2CCNc3ccccc32)CC1.CC(=O)N1CCC(c2c[nH]c3ccccc23)C1.CS(=O)(=O)N1CC(c2c[nH]c3ccccc23)C1.CS(=O)(=O)N1CCC(c2c[nH]c3ccccc23)C1.CS(=O)(=O)N1CCC2(CC1)C(=O)Nc1ccccc12. The number of carbonyl (C=O) groups excluding carboxylic acids is 4. The van der Waals surface area contributed by atoms with Crippen LogP contribution in [0.15, 0.2) is 170 Å². The maximum absolute atomic E-state index is 12.3. The molecule has 6 N–H and O–H groups in total. The summed E-state index contributed by atoms with van der Waals surface area (Å²) in [6.45, 7) is 15.5. The number of para-hydroxylation sites is 7. The Morgan fingerprint density at radius 3 is 1.25 bits per heavy atom. The molecule has 2 atom stereocenters. The molecule has 6 saturated heterocycles. The van der Waals surface area contributed by atoms with E-state index in [9.17, 15) is 44.4 Å². The molecule has 4 amide bonds. The van der Waals surface area contributed by atoms with E-state index < -0.39 is 35.5 Å². The van der Waals surface area contributed by atoms with Crippen molar-refractivity contribution >= 4 is 114 Å². The highest BCUT2D eigenvalue weighted by molar-refractivity contribution is 7.88. The first-order valence-electron chi connectivity index (χ1n) is 36.7. The minimum Gasteiger partial charge on any atom is -0.382 e. The van der Waals surface area contributed by atoms with Crippen molar-refractivity contribution in [3.05, 3.63) is 198 Å². The van der Waals surface area contributed by atoms with E-state index in [2.05, 4.69) is 121 Å². The van der Waals surface area contributed by atoms with Gasteiger partial charge in [-0.3, -0.25) is 19.2 Å². The van der Waals surface area contributed by atoms with E-state index in [1.165, 1.54) is 93.6 Å². The van der Waals surface area contributed by atoms with Crippen LogP contribution in [0.4, 0.5) is 17.1 Å². The lowest BCUT2D eigenvalue weighted by atomic mass is 9.74. The highest BCUT2D eigenvalue weighted by Gasteiger charge is 2.49. The molecule has 0 radical (unpaired) electrons. The molecular weight excluding hydrogens is 1400 g/mol. The second kappa shape index (κ2) is 31.6. The van der Waals surface area contributed by atoms with Gasteiger partial charge < -0.3 is 50.2 Å². The summed E-state index contributed by atoms with van der Waals surface area (Å²) in [5, 5.41) is 11.3. The lowest BCUT2D eigenvalue weighted by molar-refractivity contribution is -0.133. The predicted octanol–water partition coefficient (Wildman–Crippen LogP) is 10.9. The molecule has 8 aliphatic rings. The molecule has 6 fully saturated rings. The van der Waals surface area contributed by atoms with Crippen LogP contribution in [0.5, 0.6) is 0 Å². The molecule has 560 valence electrons. The van der Waals surface area contributed by atoms with Crippen LogP contribution in [0, 0.1) is 0 Å². The van der Waals surface area contributed by atoms with E-state index in [0.29, 0.717) is 81.8 Å². The molecule has 0 saturated carbocycles. The van der Waals surface area contributed by atoms with Gasteiger partial charge in [-0.25, -0.2) is 38.2 Å². The molecule has 0 bridgehead atoms. The Kier molecular flexibility index (Phi) is 22.4. The summed E-state index contributed by atoms with van der Waals surface area (Å²) in [5.41, 5.74) is 13.6. The number of sulfonamides is 3. The fraction of sp³-hybridized carbons (Fsp3) is 0.400. The van der Waals surface area contributed by atoms with Gasteiger partial charge in [-0.2, -0.15) is 0 Å². The lowest BCUT2D eigenvalue weighted by Crippen LogP contribution is -2.49. The number of likely N-dealkylation sites (tertiary alicyclic amines) is 3. The van der Waals surface area contributed by atoms with Gasteiger partial charge in [0.05, 0.1) is 35.6 Å². The van der Waals surface area contributed by atoms with Gasteiger partial charge in [0, 0.05) is 216 Å². The normalized spacial score (nSPS) is 19.9. The molecule has 1 spiro atoms. The van der Waals surface area contributed by atoms with Gasteiger partial charge in [-0.1, -0.05) is 103 Å². The van der Waals surface area contributed by atoms with Crippen molar-refractivity contribution in [3.8, 4) is 0 Å². The van der Waals surface area contributed by atoms with Crippen LogP contribution in [0.25, 0.3) is 43.6 Å². The van der Waals surface area contributed by atoms with Crippen molar-refractivity contribution in [1.82, 2.24) is 47.6 Å². The first-order chi connectivity index (χ1) is 50.8. The molecule has 26 heteroatoms. The number of rotatable bonds is 8. The molecule has 12 heterocycles. The average Bonchev–Trinajstić information content (AvgIpc) is 1.47. The van der Waals surface area contributed by atoms with Crippen molar-refractivity contribution in [2.45, 2.75) is 94.4 Å². The molecule has 23 nitrogen and oxygen atoms in total. The Morgan fingerprint density at radius 2 is 0.783 bits per heavy atom. The van der Waals surface area contributed by atoms with Crippen LogP contribution in [0.1, 0.15) is 111 Å². The standard InChI is InChI=1S/C15H21N3O.C14H16N2O.C13H16N2O3S.C13H16N2O2S.C13H14N2O.C12H14N2O2S/c1-12(19)17-9-6-13(7-10-17)18-11-8-16-14-4-2-3-5-15(14)18;1-10(17)16-7-6-11(9-16)13-8-15-14-5-3-2-4-12(13)14;1-19(17,18)15-8-6-13(7-9-15)10-4-2-3-5-11(10)14-12(13)16;1-18(16,17)15-7-6-10(9-15)12-8-14-13-5-3-2-4-11(12)13;1-9(16)15-7-10(8-15)12-6-14-13-5-3-2-4-11(12)13;1-17(15,16)14-7-9(8-14)11-6-13-12-5-3-2-4-10(11)12/h2-5,13,16H,6-11H2,1H3;2-5,8,11,15H,6-7,9H2,1H3;2-5H,6-9H2,1H3,(H,14,16);2-5,8,10,14H,6-7,9H2,1H3;2-6,10,14H,7-8H2,1H3;2-6,9,13H,7-8H2,1H3. The minimum atomic E-state index is -3.17. The van der Waals surface area contributed by atoms with Crippen molar-refractivity contribution < 1.29 is 44.4 Å². The van der Waals surface area contributed by atoms with E-state index >= 15 is 0 Å². The first kappa shape index (κ1) is 74.9. The number of piperidine rings is 2. The van der Waals surface area contributed by atoms with Gasteiger partial charge in [-0.05, 0) is 109 Å². The summed E-state index contributed by atoms with van der Waals surface area (Å²) in [4.78, 5) is 67.5. The number of carbonyl (C=O) groups is 4. The molecule has 6 aromatic carbocycles. The Labute approximate surface area is 621 Å². The van der Waals surface area contributed by atoms with Crippen LogP contribution in [0.3, 0.4) is 0 Å². The third kappa shape index (κ3) is 16.5. The number of amides is 4. The smallest absolute Gasteiger partial charge is 0.235 e. The highest BCUT2D eigenvalue weighted by Crippen LogP contribution is 2.46. The molecular formula is C80H97N13O10S3. The molecule has 10 aromatic rings. The van der Waals surface area contributed by atoms with Crippen LogP contribution in [0.2, 0.25) is 0 Å². The molecule has 18 rings (SSSR count). The third-order valence-electron chi connectivity index (χ3n) is 22.5. The maximum Gasteiger partial charge on any atom is 0.235 e. The molecule has 0 aliphatic carbocycles. The highest BCUT2D eigenvalue weighted by atomic mass is 32.2. The van der Waals surface area contributed by atoms with Crippen LogP contribution >= 0.6 is 0 Å². The number of aromatic nitrogens is 4. The number of aromatic amines is 4. The van der Waals surface area contributed by atoms with E-state index in [-0.39, 0.29) is 23.6 Å². The fourth-order valence-corrected chi connectivity index (χ4v) is 19.0. The zero-order chi connectivity index (χ0) is 74.7. The second-order valence-electron chi connectivity index (χ2n) is 29.2. The van der Waals surface area contributed by atoms with Crippen molar-refractivity contribution in [2.75, 3.05) is 126 Å². The average molecular weight is 1500 g/mol. The van der Waals surface area contributed by atoms with E-state index in [1.807, 2.05) is 99.9 Å². The first-order valence-corrected chi connectivity index (χ1v) is 42.2. The molecule has 4 aromatic heterocycles. The lowest BCUT2D eigenvalue weighted by Gasteiger charge is -2.42. The fourth-order valence-electron chi connectivity index (χ4n) is 16.4. The minimum absolute atomic E-state index is 0.00171. The maximum atomic E-state index is 12.3. The number of anilines is 3. The van der Waals surface area contributed by atoms with Gasteiger partial charge in [0.25, 0.3) is 0 Å². The van der Waals surface area contributed by atoms with Crippen molar-refractivity contribution in [1.29, 1.82) is 0 Å². The third-order valence-corrected chi connectivity index (χ3v) is 26.4. The van der Waals surface area contributed by atoms with Gasteiger partial charge in [0.2, 0.25) is 53.7 Å². The Bertz CT molecular complexity index is 5180. The van der Waals surface area contributed by atoms with Gasteiger partial charge in [0.15, 0.2) is 0 Å². The number of H-pyrrole nitrogens is 4. The van der Waals surface area contributed by atoms with Crippen LogP contribution < -0.4 is 15.5 Å². The zero-order valence-electron chi connectivity index (χ0n) is 61.1. The summed E-state index contributed by atoms with van der Waals surface area (Å²) in [5.74, 6) is 2.18. The largest absolute Gasteiger partial charge is 0.382 e. The van der Waals surface area contributed by atoms with Gasteiger partial charge in [-0.15, -0.1) is 0 Å². The number of hydrogen-bond donors (Lipinski definition) is 6. The Balaban J connectivity index is 0.000000113. The van der Waals surface area contributed by atoms with E-state index in [0.717, 1.165) is 100 Å². The summed E-state index contributed by atoms with van der Waals surface area (Å²) >= 11 is 0. The monoisotopic (exact) mass is 1500 g/mol. The Morgan fingerprint density at radius 1 is 0.396 bits per heavy atom. The summed E-state index contributed by atoms with van der Waals surface area (Å²) in [6.07, 6.45) is 17.2.